The molecule has 1 heterocycles. The Balaban J connectivity index is 1.52. The average molecular weight is 412 g/mol. The molecular formula is C24H20N4O3. The van der Waals surface area contributed by atoms with Gasteiger partial charge in [-0.2, -0.15) is 0 Å². The molecule has 0 aliphatic heterocycles. The average Bonchev–Trinajstić information content (AvgIpc) is 2.76. The van der Waals surface area contributed by atoms with Gasteiger partial charge in [-0.1, -0.05) is 36.4 Å². The van der Waals surface area contributed by atoms with Crippen LogP contribution in [0.15, 0.2) is 83.9 Å². The number of amides is 2. The molecule has 2 amide bonds. The first kappa shape index (κ1) is 20.0. The van der Waals surface area contributed by atoms with Gasteiger partial charge >= 0.3 is 0 Å². The molecule has 0 aliphatic rings. The number of anilines is 2. The van der Waals surface area contributed by atoms with E-state index >= 15 is 0 Å². The van der Waals surface area contributed by atoms with Gasteiger partial charge in [-0.3, -0.25) is 19.0 Å². The summed E-state index contributed by atoms with van der Waals surface area (Å²) in [6.07, 6.45) is 1.35. The zero-order chi connectivity index (χ0) is 21.8. The molecule has 1 aromatic heterocycles. The molecule has 0 spiro atoms. The van der Waals surface area contributed by atoms with Crippen LogP contribution in [0.4, 0.5) is 11.4 Å². The predicted molar refractivity (Wildman–Crippen MR) is 120 cm³/mol. The Hall–Kier alpha value is -4.26. The third-order valence-electron chi connectivity index (χ3n) is 4.77. The van der Waals surface area contributed by atoms with Crippen molar-refractivity contribution in [1.82, 2.24) is 9.55 Å². The van der Waals surface area contributed by atoms with E-state index in [2.05, 4.69) is 15.6 Å². The zero-order valence-electron chi connectivity index (χ0n) is 16.8. The standard InChI is InChI=1S/C24H20N4O3/c1-16-7-6-8-17(13-16)26-23(30)18-9-2-5-12-21(18)27-22(29)14-28-15-25-20-11-4-3-10-19(20)24(28)31/h2-13,15H,14H2,1H3,(H,26,30)(H,27,29). The molecule has 7 heteroatoms. The molecule has 0 unspecified atom stereocenters. The Bertz CT molecular complexity index is 1340. The van der Waals surface area contributed by atoms with E-state index in [9.17, 15) is 14.4 Å². The van der Waals surface area contributed by atoms with Gasteiger partial charge < -0.3 is 10.6 Å². The highest BCUT2D eigenvalue weighted by Crippen LogP contribution is 2.18. The number of nitrogens with one attached hydrogen (secondary N) is 2. The van der Waals surface area contributed by atoms with Crippen LogP contribution >= 0.6 is 0 Å². The maximum absolute atomic E-state index is 12.8. The molecule has 0 saturated carbocycles. The largest absolute Gasteiger partial charge is 0.324 e. The van der Waals surface area contributed by atoms with E-state index in [4.69, 9.17) is 0 Å². The number of rotatable bonds is 5. The lowest BCUT2D eigenvalue weighted by Gasteiger charge is -2.12. The van der Waals surface area contributed by atoms with Crippen LogP contribution in [0.1, 0.15) is 15.9 Å². The smallest absolute Gasteiger partial charge is 0.261 e. The molecule has 31 heavy (non-hydrogen) atoms. The molecule has 154 valence electrons. The SMILES string of the molecule is Cc1cccc(NC(=O)c2ccccc2NC(=O)Cn2cnc3ccccc3c2=O)c1. The van der Waals surface area contributed by atoms with Crippen molar-refractivity contribution in [3.63, 3.8) is 0 Å². The molecular weight excluding hydrogens is 392 g/mol. The summed E-state index contributed by atoms with van der Waals surface area (Å²) in [5.74, 6) is -0.777. The number of para-hydroxylation sites is 2. The first-order chi connectivity index (χ1) is 15.0. The van der Waals surface area contributed by atoms with Gasteiger partial charge in [-0.15, -0.1) is 0 Å². The molecule has 0 bridgehead atoms. The minimum absolute atomic E-state index is 0.218. The highest BCUT2D eigenvalue weighted by molar-refractivity contribution is 6.10. The third kappa shape index (κ3) is 4.51. The van der Waals surface area contributed by atoms with Crippen LogP contribution < -0.4 is 16.2 Å². The summed E-state index contributed by atoms with van der Waals surface area (Å²) in [7, 11) is 0. The molecule has 4 aromatic rings. The predicted octanol–water partition coefficient (Wildman–Crippen LogP) is 3.60. The number of benzene rings is 3. The minimum Gasteiger partial charge on any atom is -0.324 e. The number of aryl methyl sites for hydroxylation is 1. The Morgan fingerprint density at radius 1 is 0.935 bits per heavy atom. The number of fused-ring (bicyclic) bond motifs is 1. The van der Waals surface area contributed by atoms with Crippen LogP contribution in [0, 0.1) is 6.92 Å². The number of hydrogen-bond donors (Lipinski definition) is 2. The number of carbonyl (C=O) groups excluding carboxylic acids is 2. The highest BCUT2D eigenvalue weighted by atomic mass is 16.2. The molecule has 0 atom stereocenters. The second-order valence-corrected chi connectivity index (χ2v) is 7.11. The summed E-state index contributed by atoms with van der Waals surface area (Å²) in [6.45, 7) is 1.72. The fourth-order valence-corrected chi connectivity index (χ4v) is 3.27. The number of aromatic nitrogens is 2. The summed E-state index contributed by atoms with van der Waals surface area (Å²) >= 11 is 0. The monoisotopic (exact) mass is 412 g/mol. The molecule has 0 saturated heterocycles. The zero-order valence-corrected chi connectivity index (χ0v) is 16.8. The third-order valence-corrected chi connectivity index (χ3v) is 4.77. The van der Waals surface area contributed by atoms with Crippen LogP contribution in [-0.2, 0) is 11.3 Å². The number of carbonyl (C=O) groups is 2. The summed E-state index contributed by atoms with van der Waals surface area (Å²) < 4.78 is 1.24. The van der Waals surface area contributed by atoms with Crippen molar-refractivity contribution in [1.29, 1.82) is 0 Å². The number of nitrogens with zero attached hydrogens (tertiary/aromatic N) is 2. The van der Waals surface area contributed by atoms with Crippen LogP contribution in [0.25, 0.3) is 10.9 Å². The van der Waals surface area contributed by atoms with Crippen molar-refractivity contribution in [2.24, 2.45) is 0 Å². The molecule has 0 radical (unpaired) electrons. The van der Waals surface area contributed by atoms with Crippen molar-refractivity contribution < 1.29 is 9.59 Å². The summed E-state index contributed by atoms with van der Waals surface area (Å²) in [5, 5.41) is 6.00. The van der Waals surface area contributed by atoms with Gasteiger partial charge in [0.2, 0.25) is 5.91 Å². The van der Waals surface area contributed by atoms with Crippen LogP contribution in [0.3, 0.4) is 0 Å². The van der Waals surface area contributed by atoms with Gasteiger partial charge in [0, 0.05) is 5.69 Å². The maximum atomic E-state index is 12.8. The van der Waals surface area contributed by atoms with Crippen molar-refractivity contribution in [2.45, 2.75) is 13.5 Å². The molecule has 4 rings (SSSR count). The topological polar surface area (TPSA) is 93.1 Å². The summed E-state index contributed by atoms with van der Waals surface area (Å²) in [4.78, 5) is 42.2. The van der Waals surface area contributed by atoms with E-state index < -0.39 is 5.91 Å². The van der Waals surface area contributed by atoms with Gasteiger partial charge in [-0.25, -0.2) is 4.98 Å². The van der Waals surface area contributed by atoms with Crippen LogP contribution in [0.5, 0.6) is 0 Å². The van der Waals surface area contributed by atoms with E-state index in [0.29, 0.717) is 27.8 Å². The molecule has 3 aromatic carbocycles. The van der Waals surface area contributed by atoms with Crippen LogP contribution in [0.2, 0.25) is 0 Å². The van der Waals surface area contributed by atoms with Gasteiger partial charge in [0.25, 0.3) is 11.5 Å². The van der Waals surface area contributed by atoms with E-state index in [-0.39, 0.29) is 18.0 Å². The molecule has 2 N–H and O–H groups in total. The van der Waals surface area contributed by atoms with Crippen molar-refractivity contribution >= 4 is 34.1 Å². The lowest BCUT2D eigenvalue weighted by Crippen LogP contribution is -2.28. The van der Waals surface area contributed by atoms with Crippen molar-refractivity contribution in [2.75, 3.05) is 10.6 Å². The van der Waals surface area contributed by atoms with Gasteiger partial charge in [0.15, 0.2) is 0 Å². The van der Waals surface area contributed by atoms with E-state index in [1.54, 1.807) is 54.6 Å². The first-order valence-corrected chi connectivity index (χ1v) is 9.72. The van der Waals surface area contributed by atoms with E-state index in [1.807, 2.05) is 25.1 Å². The molecule has 0 aliphatic carbocycles. The maximum Gasteiger partial charge on any atom is 0.261 e. The van der Waals surface area contributed by atoms with Crippen molar-refractivity contribution in [3.8, 4) is 0 Å². The second-order valence-electron chi connectivity index (χ2n) is 7.11. The van der Waals surface area contributed by atoms with Crippen molar-refractivity contribution in [3.05, 3.63) is 101 Å². The van der Waals surface area contributed by atoms with Gasteiger partial charge in [0.05, 0.1) is 28.5 Å². The van der Waals surface area contributed by atoms with Gasteiger partial charge in [0.1, 0.15) is 6.54 Å². The van der Waals surface area contributed by atoms with Gasteiger partial charge in [-0.05, 0) is 48.9 Å². The normalized spacial score (nSPS) is 10.6. The lowest BCUT2D eigenvalue weighted by molar-refractivity contribution is -0.116. The van der Waals surface area contributed by atoms with Crippen LogP contribution in [-0.4, -0.2) is 21.4 Å². The van der Waals surface area contributed by atoms with E-state index in [1.165, 1.54) is 10.9 Å². The molecule has 7 nitrogen and oxygen atoms in total. The second kappa shape index (κ2) is 8.62. The number of hydrogen-bond acceptors (Lipinski definition) is 4. The van der Waals surface area contributed by atoms with E-state index in [0.717, 1.165) is 5.56 Å². The Morgan fingerprint density at radius 3 is 2.55 bits per heavy atom. The fraction of sp³-hybridized carbons (Fsp3) is 0.0833. The quantitative estimate of drug-likeness (QED) is 0.524. The minimum atomic E-state index is -0.435. The Labute approximate surface area is 178 Å². The Morgan fingerprint density at radius 2 is 1.71 bits per heavy atom. The highest BCUT2D eigenvalue weighted by Gasteiger charge is 2.14. The Kier molecular flexibility index (Phi) is 5.57. The molecule has 0 fully saturated rings. The first-order valence-electron chi connectivity index (χ1n) is 9.72. The lowest BCUT2D eigenvalue weighted by atomic mass is 10.1. The summed E-state index contributed by atoms with van der Waals surface area (Å²) in [6, 6.07) is 21.1. The summed E-state index contributed by atoms with van der Waals surface area (Å²) in [5.41, 5.74) is 2.64. The fourth-order valence-electron chi connectivity index (χ4n) is 3.27.